The lowest BCUT2D eigenvalue weighted by Crippen LogP contribution is -2.32. The molecule has 1 heterocycles. The topological polar surface area (TPSA) is 63.7 Å². The van der Waals surface area contributed by atoms with E-state index in [0.717, 1.165) is 25.7 Å². The number of nitrogens with zero attached hydrogens (tertiary/aromatic N) is 1. The number of rotatable bonds is 5. The summed E-state index contributed by atoms with van der Waals surface area (Å²) in [6.45, 7) is 2.11. The maximum absolute atomic E-state index is 11.7. The standard InChI is InChI=1S/C12H17NO4/c1-2-3-4-8-7-9(8)12(16)17-13-10(14)5-6-11(13)15/h8-9H,2-7H2,1H3/t8-,9-/m1/s1. The van der Waals surface area contributed by atoms with E-state index < -0.39 is 17.8 Å². The van der Waals surface area contributed by atoms with Crippen molar-refractivity contribution in [3.05, 3.63) is 0 Å². The minimum absolute atomic E-state index is 0.109. The molecule has 2 aliphatic rings. The molecule has 2 rings (SSSR count). The highest BCUT2D eigenvalue weighted by molar-refractivity contribution is 6.01. The van der Waals surface area contributed by atoms with Crippen LogP contribution in [0.2, 0.25) is 0 Å². The molecule has 0 N–H and O–H groups in total. The Morgan fingerprint density at radius 1 is 1.35 bits per heavy atom. The van der Waals surface area contributed by atoms with Crippen LogP contribution in [-0.4, -0.2) is 22.8 Å². The van der Waals surface area contributed by atoms with Crippen LogP contribution in [0.5, 0.6) is 0 Å². The SMILES string of the molecule is CCCC[C@@H]1C[C@H]1C(=O)ON1C(=O)CCC1=O. The first-order chi connectivity index (χ1) is 8.13. The maximum atomic E-state index is 11.7. The molecule has 0 bridgehead atoms. The lowest BCUT2D eigenvalue weighted by atomic mass is 10.1. The summed E-state index contributed by atoms with van der Waals surface area (Å²) >= 11 is 0. The Kier molecular flexibility index (Phi) is 3.45. The number of unbranched alkanes of at least 4 members (excludes halogenated alkanes) is 1. The van der Waals surface area contributed by atoms with Crippen LogP contribution >= 0.6 is 0 Å². The fraction of sp³-hybridized carbons (Fsp3) is 0.750. The van der Waals surface area contributed by atoms with Crippen molar-refractivity contribution in [2.75, 3.05) is 0 Å². The van der Waals surface area contributed by atoms with Crippen LogP contribution in [0.15, 0.2) is 0 Å². The molecule has 0 aromatic carbocycles. The largest absolute Gasteiger partial charge is 0.336 e. The van der Waals surface area contributed by atoms with Gasteiger partial charge in [0.25, 0.3) is 11.8 Å². The van der Waals surface area contributed by atoms with Crippen LogP contribution in [0, 0.1) is 11.8 Å². The van der Waals surface area contributed by atoms with Gasteiger partial charge in [0.05, 0.1) is 5.92 Å². The molecule has 1 aliphatic heterocycles. The Labute approximate surface area is 100 Å². The molecule has 17 heavy (non-hydrogen) atoms. The number of hydroxylamine groups is 2. The summed E-state index contributed by atoms with van der Waals surface area (Å²) in [5.74, 6) is -0.962. The van der Waals surface area contributed by atoms with Gasteiger partial charge in [0.1, 0.15) is 0 Å². The zero-order valence-electron chi connectivity index (χ0n) is 9.98. The van der Waals surface area contributed by atoms with Gasteiger partial charge < -0.3 is 4.84 Å². The van der Waals surface area contributed by atoms with E-state index in [1.165, 1.54) is 0 Å². The van der Waals surface area contributed by atoms with Gasteiger partial charge in [0.2, 0.25) is 0 Å². The smallest absolute Gasteiger partial charge is 0.330 e. The highest BCUT2D eigenvalue weighted by atomic mass is 16.7. The van der Waals surface area contributed by atoms with Gasteiger partial charge in [-0.3, -0.25) is 9.59 Å². The molecule has 1 saturated heterocycles. The van der Waals surface area contributed by atoms with E-state index >= 15 is 0 Å². The van der Waals surface area contributed by atoms with E-state index in [1.54, 1.807) is 0 Å². The molecule has 0 spiro atoms. The summed E-state index contributed by atoms with van der Waals surface area (Å²) in [6, 6.07) is 0. The van der Waals surface area contributed by atoms with Crippen molar-refractivity contribution in [3.63, 3.8) is 0 Å². The molecule has 2 fully saturated rings. The van der Waals surface area contributed by atoms with E-state index in [0.29, 0.717) is 11.0 Å². The van der Waals surface area contributed by atoms with Crippen molar-refractivity contribution >= 4 is 17.8 Å². The molecular weight excluding hydrogens is 222 g/mol. The molecule has 1 aliphatic carbocycles. The van der Waals surface area contributed by atoms with Gasteiger partial charge in [-0.1, -0.05) is 19.8 Å². The summed E-state index contributed by atoms with van der Waals surface area (Å²) < 4.78 is 0. The minimum Gasteiger partial charge on any atom is -0.330 e. The number of amides is 2. The van der Waals surface area contributed by atoms with E-state index in [9.17, 15) is 14.4 Å². The number of carbonyl (C=O) groups excluding carboxylic acids is 3. The van der Waals surface area contributed by atoms with Crippen molar-refractivity contribution in [1.82, 2.24) is 5.06 Å². The molecule has 0 unspecified atom stereocenters. The third-order valence-electron chi connectivity index (χ3n) is 3.34. The van der Waals surface area contributed by atoms with Crippen LogP contribution in [0.3, 0.4) is 0 Å². The van der Waals surface area contributed by atoms with Crippen molar-refractivity contribution in [1.29, 1.82) is 0 Å². The molecule has 1 saturated carbocycles. The quantitative estimate of drug-likeness (QED) is 0.681. The average Bonchev–Trinajstić information content (AvgIpc) is 3.03. The van der Waals surface area contributed by atoms with E-state index in [2.05, 4.69) is 6.92 Å². The first-order valence-electron chi connectivity index (χ1n) is 6.21. The van der Waals surface area contributed by atoms with Gasteiger partial charge >= 0.3 is 5.97 Å². The summed E-state index contributed by atoms with van der Waals surface area (Å²) in [5, 5.41) is 0.636. The molecule has 5 heteroatoms. The van der Waals surface area contributed by atoms with Gasteiger partial charge in [-0.15, -0.1) is 5.06 Å². The monoisotopic (exact) mass is 239 g/mol. The van der Waals surface area contributed by atoms with Crippen LogP contribution in [0.4, 0.5) is 0 Å². The van der Waals surface area contributed by atoms with Crippen molar-refractivity contribution < 1.29 is 19.2 Å². The molecule has 0 aromatic rings. The molecule has 0 radical (unpaired) electrons. The van der Waals surface area contributed by atoms with Crippen LogP contribution in [0.25, 0.3) is 0 Å². The second-order valence-electron chi connectivity index (χ2n) is 4.74. The van der Waals surface area contributed by atoms with Gasteiger partial charge in [-0.25, -0.2) is 4.79 Å². The highest BCUT2D eigenvalue weighted by Crippen LogP contribution is 2.43. The second-order valence-corrected chi connectivity index (χ2v) is 4.74. The van der Waals surface area contributed by atoms with Gasteiger partial charge in [0, 0.05) is 12.8 Å². The first-order valence-corrected chi connectivity index (χ1v) is 6.21. The summed E-state index contributed by atoms with van der Waals surface area (Å²) in [6.07, 6.45) is 4.37. The normalized spacial score (nSPS) is 27.5. The first kappa shape index (κ1) is 12.1. The summed E-state index contributed by atoms with van der Waals surface area (Å²) in [7, 11) is 0. The van der Waals surface area contributed by atoms with Gasteiger partial charge in [-0.05, 0) is 18.8 Å². The predicted octanol–water partition coefficient (Wildman–Crippen LogP) is 1.42. The molecule has 2 atom stereocenters. The maximum Gasteiger partial charge on any atom is 0.336 e. The molecule has 0 aromatic heterocycles. The number of hydrogen-bond donors (Lipinski definition) is 0. The Morgan fingerprint density at radius 3 is 2.59 bits per heavy atom. The molecular formula is C12H17NO4. The Morgan fingerprint density at radius 2 is 2.00 bits per heavy atom. The minimum atomic E-state index is -0.422. The lowest BCUT2D eigenvalue weighted by Gasteiger charge is -2.12. The Hall–Kier alpha value is -1.39. The number of imide groups is 1. The van der Waals surface area contributed by atoms with E-state index in [4.69, 9.17) is 4.84 Å². The van der Waals surface area contributed by atoms with Crippen LogP contribution in [0.1, 0.15) is 45.4 Å². The van der Waals surface area contributed by atoms with Crippen LogP contribution < -0.4 is 0 Å². The fourth-order valence-corrected chi connectivity index (χ4v) is 2.14. The average molecular weight is 239 g/mol. The second kappa shape index (κ2) is 4.85. The highest BCUT2D eigenvalue weighted by Gasteiger charge is 2.46. The predicted molar refractivity (Wildman–Crippen MR) is 58.3 cm³/mol. The van der Waals surface area contributed by atoms with Gasteiger partial charge in [-0.2, -0.15) is 0 Å². The fourth-order valence-electron chi connectivity index (χ4n) is 2.14. The van der Waals surface area contributed by atoms with Crippen molar-refractivity contribution in [2.45, 2.75) is 45.4 Å². The Bertz CT molecular complexity index is 336. The Balaban J connectivity index is 1.79. The zero-order chi connectivity index (χ0) is 12.4. The van der Waals surface area contributed by atoms with Crippen molar-refractivity contribution in [2.24, 2.45) is 11.8 Å². The van der Waals surface area contributed by atoms with Gasteiger partial charge in [0.15, 0.2) is 0 Å². The van der Waals surface area contributed by atoms with E-state index in [1.807, 2.05) is 0 Å². The van der Waals surface area contributed by atoms with E-state index in [-0.39, 0.29) is 18.8 Å². The zero-order valence-corrected chi connectivity index (χ0v) is 9.98. The third kappa shape index (κ3) is 2.65. The summed E-state index contributed by atoms with van der Waals surface area (Å²) in [5.41, 5.74) is 0. The summed E-state index contributed by atoms with van der Waals surface area (Å²) in [4.78, 5) is 39.0. The number of carbonyl (C=O) groups is 3. The molecule has 2 amide bonds. The lowest BCUT2D eigenvalue weighted by molar-refractivity contribution is -0.198. The third-order valence-corrected chi connectivity index (χ3v) is 3.34. The van der Waals surface area contributed by atoms with Crippen LogP contribution in [-0.2, 0) is 19.2 Å². The molecule has 5 nitrogen and oxygen atoms in total. The number of hydrogen-bond acceptors (Lipinski definition) is 4. The van der Waals surface area contributed by atoms with Crippen molar-refractivity contribution in [3.8, 4) is 0 Å². The molecule has 94 valence electrons.